The van der Waals surface area contributed by atoms with Gasteiger partial charge in [0.05, 0.1) is 18.7 Å². The number of benzene rings is 2. The summed E-state index contributed by atoms with van der Waals surface area (Å²) in [6, 6.07) is 14.9. The molecule has 1 amide bonds. The molecule has 0 N–H and O–H groups in total. The van der Waals surface area contributed by atoms with Crippen molar-refractivity contribution in [1.29, 1.82) is 0 Å². The molecule has 4 rings (SSSR count). The zero-order valence-electron chi connectivity index (χ0n) is 12.8. The Morgan fingerprint density at radius 3 is 2.58 bits per heavy atom. The number of carbonyl (C=O) groups excluding carboxylic acids is 2. The lowest BCUT2D eigenvalue weighted by molar-refractivity contribution is -0.135. The molecule has 2 aliphatic rings. The number of ketones is 1. The Balaban J connectivity index is 1.82. The van der Waals surface area contributed by atoms with E-state index < -0.39 is 5.60 Å². The van der Waals surface area contributed by atoms with Gasteiger partial charge in [-0.05, 0) is 23.8 Å². The van der Waals surface area contributed by atoms with Crippen molar-refractivity contribution < 1.29 is 14.3 Å². The first kappa shape index (κ1) is 15.0. The van der Waals surface area contributed by atoms with Crippen LogP contribution in [0.2, 0.25) is 5.02 Å². The van der Waals surface area contributed by atoms with Crippen LogP contribution in [0.3, 0.4) is 0 Å². The van der Waals surface area contributed by atoms with Gasteiger partial charge >= 0.3 is 0 Å². The molecular weight excluding hydrogens is 326 g/mol. The Labute approximate surface area is 144 Å². The largest absolute Gasteiger partial charge is 0.469 e. The Morgan fingerprint density at radius 2 is 1.92 bits per heavy atom. The minimum Gasteiger partial charge on any atom is -0.469 e. The van der Waals surface area contributed by atoms with Gasteiger partial charge in [-0.2, -0.15) is 0 Å². The van der Waals surface area contributed by atoms with Crippen molar-refractivity contribution in [2.24, 2.45) is 0 Å². The maximum Gasteiger partial charge on any atom is 0.276 e. The van der Waals surface area contributed by atoms with Crippen LogP contribution in [0.25, 0.3) is 0 Å². The molecule has 5 heteroatoms. The number of ether oxygens (including phenoxy) is 1. The predicted octanol–water partition coefficient (Wildman–Crippen LogP) is 3.59. The van der Waals surface area contributed by atoms with E-state index in [0.717, 1.165) is 11.3 Å². The summed E-state index contributed by atoms with van der Waals surface area (Å²) < 4.78 is 5.69. The molecule has 24 heavy (non-hydrogen) atoms. The fourth-order valence-electron chi connectivity index (χ4n) is 3.33. The lowest BCUT2D eigenvalue weighted by Crippen LogP contribution is -2.39. The molecule has 1 unspecified atom stereocenters. The molecule has 0 aliphatic carbocycles. The lowest BCUT2D eigenvalue weighted by atomic mass is 9.92. The molecule has 2 heterocycles. The molecule has 2 aromatic rings. The smallest absolute Gasteiger partial charge is 0.276 e. The van der Waals surface area contributed by atoms with Crippen molar-refractivity contribution in [3.05, 3.63) is 77.0 Å². The molecule has 0 bridgehead atoms. The van der Waals surface area contributed by atoms with Gasteiger partial charge in [-0.15, -0.1) is 0 Å². The minimum absolute atomic E-state index is 0.0239. The number of amides is 1. The minimum atomic E-state index is -1.33. The number of hydrogen-bond acceptors (Lipinski definition) is 3. The fraction of sp³-hybridized carbons (Fsp3) is 0.158. The maximum atomic E-state index is 13.2. The zero-order chi connectivity index (χ0) is 16.9. The quantitative estimate of drug-likeness (QED) is 0.786. The highest BCUT2D eigenvalue weighted by Gasteiger charge is 2.58. The number of carbonyl (C=O) groups is 2. The number of halogens is 1. The maximum absolute atomic E-state index is 13.2. The molecule has 1 atom stereocenters. The van der Waals surface area contributed by atoms with E-state index in [0.29, 0.717) is 17.1 Å². The third-order valence-corrected chi connectivity index (χ3v) is 4.71. The summed E-state index contributed by atoms with van der Waals surface area (Å²) in [5.74, 6) is -0.484. The highest BCUT2D eigenvalue weighted by molar-refractivity contribution is 6.31. The van der Waals surface area contributed by atoms with Gasteiger partial charge in [0.15, 0.2) is 5.76 Å². The summed E-state index contributed by atoms with van der Waals surface area (Å²) in [4.78, 5) is 26.8. The van der Waals surface area contributed by atoms with Crippen molar-refractivity contribution in [2.45, 2.75) is 18.6 Å². The van der Waals surface area contributed by atoms with E-state index in [1.807, 2.05) is 30.3 Å². The van der Waals surface area contributed by atoms with E-state index in [1.54, 1.807) is 23.1 Å². The van der Waals surface area contributed by atoms with Gasteiger partial charge in [-0.1, -0.05) is 48.5 Å². The number of Topliss-reactive ketones (excluding diaryl/α,β-unsaturated/α-hetero) is 1. The predicted molar refractivity (Wildman–Crippen MR) is 90.6 cm³/mol. The van der Waals surface area contributed by atoms with E-state index in [9.17, 15) is 9.59 Å². The molecular formula is C19H14ClNO3. The zero-order valence-corrected chi connectivity index (χ0v) is 13.5. The first-order valence-corrected chi connectivity index (χ1v) is 7.96. The number of allylic oxidation sites excluding steroid dienone is 1. The SMILES string of the molecule is C=C1OC2(CC1=O)C(=O)N(Cc1ccccc1)c1ccc(Cl)cc12. The standard InChI is InChI=1S/C19H14ClNO3/c1-12-17(22)10-19(24-12)15-9-14(20)7-8-16(15)21(18(19)23)11-13-5-3-2-4-6-13/h2-9H,1,10-11H2. The van der Waals surface area contributed by atoms with E-state index in [-0.39, 0.29) is 23.9 Å². The van der Waals surface area contributed by atoms with Gasteiger partial charge in [0.2, 0.25) is 11.4 Å². The number of fused-ring (bicyclic) bond motifs is 2. The first-order chi connectivity index (χ1) is 11.5. The summed E-state index contributed by atoms with van der Waals surface area (Å²) in [5.41, 5.74) is 1.01. The summed E-state index contributed by atoms with van der Waals surface area (Å²) in [6.07, 6.45) is -0.0384. The van der Waals surface area contributed by atoms with Gasteiger partial charge in [-0.3, -0.25) is 9.59 Å². The van der Waals surface area contributed by atoms with Crippen LogP contribution in [0.4, 0.5) is 5.69 Å². The highest BCUT2D eigenvalue weighted by atomic mass is 35.5. The topological polar surface area (TPSA) is 46.6 Å². The molecule has 1 spiro atoms. The van der Waals surface area contributed by atoms with Crippen LogP contribution >= 0.6 is 11.6 Å². The average molecular weight is 340 g/mol. The van der Waals surface area contributed by atoms with Crippen molar-refractivity contribution in [3.63, 3.8) is 0 Å². The summed E-state index contributed by atoms with van der Waals surface area (Å²) in [5, 5.41) is 0.496. The highest BCUT2D eigenvalue weighted by Crippen LogP contribution is 2.50. The van der Waals surface area contributed by atoms with Crippen molar-refractivity contribution >= 4 is 29.0 Å². The molecule has 0 saturated carbocycles. The monoisotopic (exact) mass is 339 g/mol. The Hall–Kier alpha value is -2.59. The van der Waals surface area contributed by atoms with E-state index in [2.05, 4.69) is 6.58 Å². The second-order valence-electron chi connectivity index (χ2n) is 5.99. The van der Waals surface area contributed by atoms with Crippen LogP contribution in [0.15, 0.2) is 60.9 Å². The molecule has 2 aromatic carbocycles. The average Bonchev–Trinajstić information content (AvgIpc) is 2.99. The number of hydrogen-bond donors (Lipinski definition) is 0. The number of rotatable bonds is 2. The molecule has 1 fully saturated rings. The third-order valence-electron chi connectivity index (χ3n) is 4.48. The van der Waals surface area contributed by atoms with Crippen molar-refractivity contribution in [2.75, 3.05) is 4.90 Å². The normalized spacial score (nSPS) is 22.2. The summed E-state index contributed by atoms with van der Waals surface area (Å²) >= 11 is 6.12. The van der Waals surface area contributed by atoms with Gasteiger partial charge in [0.1, 0.15) is 0 Å². The molecule has 120 valence electrons. The Bertz CT molecular complexity index is 859. The van der Waals surface area contributed by atoms with Crippen LogP contribution in [0.1, 0.15) is 17.5 Å². The molecule has 0 aromatic heterocycles. The number of nitrogens with zero attached hydrogens (tertiary/aromatic N) is 1. The second-order valence-corrected chi connectivity index (χ2v) is 6.43. The van der Waals surface area contributed by atoms with E-state index in [4.69, 9.17) is 16.3 Å². The Kier molecular flexibility index (Phi) is 3.25. The van der Waals surface area contributed by atoms with Gasteiger partial charge in [0, 0.05) is 10.6 Å². The first-order valence-electron chi connectivity index (χ1n) is 7.58. The molecule has 0 radical (unpaired) electrons. The Morgan fingerprint density at radius 1 is 1.17 bits per heavy atom. The van der Waals surface area contributed by atoms with Crippen LogP contribution < -0.4 is 4.90 Å². The molecule has 1 saturated heterocycles. The van der Waals surface area contributed by atoms with E-state index in [1.165, 1.54) is 0 Å². The van der Waals surface area contributed by atoms with Gasteiger partial charge < -0.3 is 9.64 Å². The van der Waals surface area contributed by atoms with Crippen molar-refractivity contribution in [1.82, 2.24) is 0 Å². The second kappa shape index (κ2) is 5.21. The van der Waals surface area contributed by atoms with Crippen LogP contribution in [-0.4, -0.2) is 11.7 Å². The van der Waals surface area contributed by atoms with Crippen LogP contribution in [-0.2, 0) is 26.5 Å². The van der Waals surface area contributed by atoms with Gasteiger partial charge in [-0.25, -0.2) is 0 Å². The van der Waals surface area contributed by atoms with Gasteiger partial charge in [0.25, 0.3) is 5.91 Å². The lowest BCUT2D eigenvalue weighted by Gasteiger charge is -2.22. The number of anilines is 1. The van der Waals surface area contributed by atoms with Crippen LogP contribution in [0, 0.1) is 0 Å². The van der Waals surface area contributed by atoms with E-state index >= 15 is 0 Å². The molecule has 4 nitrogen and oxygen atoms in total. The fourth-order valence-corrected chi connectivity index (χ4v) is 3.50. The van der Waals surface area contributed by atoms with Crippen LogP contribution in [0.5, 0.6) is 0 Å². The summed E-state index contributed by atoms with van der Waals surface area (Å²) in [7, 11) is 0. The summed E-state index contributed by atoms with van der Waals surface area (Å²) in [6.45, 7) is 4.02. The molecule has 2 aliphatic heterocycles. The third kappa shape index (κ3) is 2.07. The van der Waals surface area contributed by atoms with Crippen molar-refractivity contribution in [3.8, 4) is 0 Å².